The summed E-state index contributed by atoms with van der Waals surface area (Å²) < 4.78 is 1.95. The van der Waals surface area contributed by atoms with E-state index in [1.54, 1.807) is 11.3 Å². The van der Waals surface area contributed by atoms with Crippen LogP contribution in [0.4, 0.5) is 0 Å². The monoisotopic (exact) mass is 235 g/mol. The number of aromatic nitrogens is 4. The topological polar surface area (TPSA) is 55.6 Å². The van der Waals surface area contributed by atoms with Crippen molar-refractivity contribution >= 4 is 11.3 Å². The van der Waals surface area contributed by atoms with Crippen LogP contribution >= 0.6 is 11.3 Å². The number of nitrogens with one attached hydrogen (secondary N) is 1. The summed E-state index contributed by atoms with van der Waals surface area (Å²) in [5, 5.41) is 14.8. The van der Waals surface area contributed by atoms with Gasteiger partial charge in [-0.05, 0) is 19.9 Å². The van der Waals surface area contributed by atoms with Gasteiger partial charge in [-0.3, -0.25) is 0 Å². The molecular weight excluding hydrogens is 222 g/mol. The quantitative estimate of drug-likeness (QED) is 0.851. The Balaban J connectivity index is 1.87. The number of aryl methyl sites for hydroxylation is 1. The highest BCUT2D eigenvalue weighted by Gasteiger charge is 2.18. The third-order valence-corrected chi connectivity index (χ3v) is 3.57. The molecule has 0 amide bonds. The molecule has 0 aromatic carbocycles. The molecule has 0 saturated carbocycles. The van der Waals surface area contributed by atoms with Crippen molar-refractivity contribution in [1.82, 2.24) is 25.3 Å². The van der Waals surface area contributed by atoms with Gasteiger partial charge in [-0.2, -0.15) is 0 Å². The highest BCUT2D eigenvalue weighted by atomic mass is 32.1. The van der Waals surface area contributed by atoms with E-state index in [4.69, 9.17) is 0 Å². The van der Waals surface area contributed by atoms with Crippen molar-refractivity contribution in [2.24, 2.45) is 0 Å². The molecule has 16 heavy (non-hydrogen) atoms. The van der Waals surface area contributed by atoms with Crippen LogP contribution in [-0.4, -0.2) is 33.1 Å². The summed E-state index contributed by atoms with van der Waals surface area (Å²) >= 11 is 1.64. The lowest BCUT2D eigenvalue weighted by Crippen LogP contribution is -2.13. The third-order valence-electron chi connectivity index (χ3n) is 2.80. The van der Waals surface area contributed by atoms with Crippen molar-refractivity contribution in [2.75, 3.05) is 13.1 Å². The molecular formula is C10H13N5S. The van der Waals surface area contributed by atoms with Crippen LogP contribution in [0.2, 0.25) is 0 Å². The van der Waals surface area contributed by atoms with Crippen LogP contribution in [0.3, 0.4) is 0 Å². The minimum Gasteiger partial charge on any atom is -0.315 e. The van der Waals surface area contributed by atoms with Crippen LogP contribution in [0.5, 0.6) is 0 Å². The second-order valence-electron chi connectivity index (χ2n) is 3.98. The number of thiazole rings is 1. The minimum atomic E-state index is 0.445. The van der Waals surface area contributed by atoms with Crippen molar-refractivity contribution in [2.45, 2.75) is 19.4 Å². The Bertz CT molecular complexity index is 483. The summed E-state index contributed by atoms with van der Waals surface area (Å²) in [6, 6.07) is 0.445. The first-order chi connectivity index (χ1) is 7.83. The van der Waals surface area contributed by atoms with E-state index < -0.39 is 0 Å². The van der Waals surface area contributed by atoms with Crippen LogP contribution in [0.1, 0.15) is 17.5 Å². The second kappa shape index (κ2) is 3.95. The summed E-state index contributed by atoms with van der Waals surface area (Å²) in [7, 11) is 0. The fraction of sp³-hybridized carbons (Fsp3) is 0.500. The average molecular weight is 235 g/mol. The van der Waals surface area contributed by atoms with E-state index in [1.165, 1.54) is 0 Å². The van der Waals surface area contributed by atoms with Crippen molar-refractivity contribution in [3.05, 3.63) is 16.6 Å². The molecule has 1 fully saturated rings. The summed E-state index contributed by atoms with van der Waals surface area (Å²) in [5.41, 5.74) is 1.80. The molecule has 5 nitrogen and oxygen atoms in total. The zero-order chi connectivity index (χ0) is 11.0. The van der Waals surface area contributed by atoms with E-state index in [-0.39, 0.29) is 0 Å². The van der Waals surface area contributed by atoms with Crippen molar-refractivity contribution in [1.29, 1.82) is 0 Å². The largest absolute Gasteiger partial charge is 0.315 e. The first-order valence-electron chi connectivity index (χ1n) is 5.38. The molecule has 0 spiro atoms. The van der Waals surface area contributed by atoms with Gasteiger partial charge in [0.2, 0.25) is 0 Å². The second-order valence-corrected chi connectivity index (χ2v) is 5.04. The average Bonchev–Trinajstić information content (AvgIpc) is 2.97. The molecule has 0 unspecified atom stereocenters. The molecule has 3 rings (SSSR count). The van der Waals surface area contributed by atoms with Crippen molar-refractivity contribution < 1.29 is 0 Å². The summed E-state index contributed by atoms with van der Waals surface area (Å²) in [6.45, 7) is 4.05. The van der Waals surface area contributed by atoms with Gasteiger partial charge in [-0.15, -0.1) is 16.4 Å². The molecule has 0 aliphatic carbocycles. The number of hydrogen-bond donors (Lipinski definition) is 1. The molecule has 1 N–H and O–H groups in total. The maximum Gasteiger partial charge on any atom is 0.132 e. The summed E-state index contributed by atoms with van der Waals surface area (Å²) in [4.78, 5) is 4.41. The summed E-state index contributed by atoms with van der Waals surface area (Å²) in [5.74, 6) is 0. The molecule has 1 aliphatic heterocycles. The normalized spacial score (nSPS) is 20.4. The van der Waals surface area contributed by atoms with Gasteiger partial charge in [-0.25, -0.2) is 9.67 Å². The van der Waals surface area contributed by atoms with Crippen LogP contribution in [-0.2, 0) is 0 Å². The molecule has 2 aromatic heterocycles. The van der Waals surface area contributed by atoms with E-state index in [1.807, 2.05) is 23.2 Å². The molecule has 0 radical (unpaired) electrons. The first-order valence-corrected chi connectivity index (χ1v) is 6.26. The number of nitrogens with zero attached hydrogens (tertiary/aromatic N) is 4. The molecule has 1 saturated heterocycles. The smallest absolute Gasteiger partial charge is 0.132 e. The maximum absolute atomic E-state index is 4.41. The Hall–Kier alpha value is -1.27. The SMILES string of the molecule is Cc1nc(-c2cn([C@H]3CCNC3)nn2)cs1. The van der Waals surface area contributed by atoms with Gasteiger partial charge in [0.05, 0.1) is 17.2 Å². The maximum atomic E-state index is 4.41. The van der Waals surface area contributed by atoms with Gasteiger partial charge in [0.15, 0.2) is 0 Å². The first kappa shape index (κ1) is 9.92. The third kappa shape index (κ3) is 1.74. The molecule has 2 aromatic rings. The predicted octanol–water partition coefficient (Wildman–Crippen LogP) is 1.24. The standard InChI is InChI=1S/C10H13N5S/c1-7-12-10(6-16-7)9-5-15(14-13-9)8-2-3-11-4-8/h5-6,8,11H,2-4H2,1H3/t8-/m0/s1. The molecule has 1 aliphatic rings. The highest BCUT2D eigenvalue weighted by molar-refractivity contribution is 7.09. The Morgan fingerprint density at radius 2 is 2.44 bits per heavy atom. The lowest BCUT2D eigenvalue weighted by molar-refractivity contribution is 0.476. The van der Waals surface area contributed by atoms with E-state index in [0.717, 1.165) is 35.9 Å². The Morgan fingerprint density at radius 1 is 1.50 bits per heavy atom. The Labute approximate surface area is 97.5 Å². The zero-order valence-electron chi connectivity index (χ0n) is 9.05. The molecule has 84 valence electrons. The van der Waals surface area contributed by atoms with Crippen LogP contribution < -0.4 is 5.32 Å². The van der Waals surface area contributed by atoms with E-state index in [0.29, 0.717) is 6.04 Å². The predicted molar refractivity (Wildman–Crippen MR) is 62.4 cm³/mol. The van der Waals surface area contributed by atoms with Crippen LogP contribution in [0.15, 0.2) is 11.6 Å². The fourth-order valence-corrected chi connectivity index (χ4v) is 2.53. The van der Waals surface area contributed by atoms with Crippen molar-refractivity contribution in [3.8, 4) is 11.4 Å². The van der Waals surface area contributed by atoms with E-state index >= 15 is 0 Å². The molecule has 6 heteroatoms. The Morgan fingerprint density at radius 3 is 3.12 bits per heavy atom. The molecule has 1 atom stereocenters. The lowest BCUT2D eigenvalue weighted by Gasteiger charge is -2.05. The number of hydrogen-bond acceptors (Lipinski definition) is 5. The van der Waals surface area contributed by atoms with Gasteiger partial charge in [0, 0.05) is 11.9 Å². The zero-order valence-corrected chi connectivity index (χ0v) is 9.87. The van der Waals surface area contributed by atoms with E-state index in [2.05, 4.69) is 20.6 Å². The van der Waals surface area contributed by atoms with Gasteiger partial charge in [0.1, 0.15) is 11.4 Å². The summed E-state index contributed by atoms with van der Waals surface area (Å²) in [6.07, 6.45) is 3.12. The lowest BCUT2D eigenvalue weighted by atomic mass is 10.3. The van der Waals surface area contributed by atoms with Crippen LogP contribution in [0, 0.1) is 6.92 Å². The highest BCUT2D eigenvalue weighted by Crippen LogP contribution is 2.21. The van der Waals surface area contributed by atoms with Gasteiger partial charge in [-0.1, -0.05) is 5.21 Å². The molecule has 3 heterocycles. The number of rotatable bonds is 2. The van der Waals surface area contributed by atoms with Crippen molar-refractivity contribution in [3.63, 3.8) is 0 Å². The van der Waals surface area contributed by atoms with Crippen LogP contribution in [0.25, 0.3) is 11.4 Å². The molecule has 0 bridgehead atoms. The van der Waals surface area contributed by atoms with Gasteiger partial charge >= 0.3 is 0 Å². The fourth-order valence-electron chi connectivity index (χ4n) is 1.92. The van der Waals surface area contributed by atoms with Gasteiger partial charge < -0.3 is 5.32 Å². The van der Waals surface area contributed by atoms with E-state index in [9.17, 15) is 0 Å². The Kier molecular flexibility index (Phi) is 2.45. The minimum absolute atomic E-state index is 0.445. The van der Waals surface area contributed by atoms with Gasteiger partial charge in [0.25, 0.3) is 0 Å².